The summed E-state index contributed by atoms with van der Waals surface area (Å²) in [6, 6.07) is 5.64. The van der Waals surface area contributed by atoms with Gasteiger partial charge in [-0.15, -0.1) is 11.6 Å². The quantitative estimate of drug-likeness (QED) is 0.598. The van der Waals surface area contributed by atoms with Crippen molar-refractivity contribution in [2.75, 3.05) is 11.2 Å². The minimum absolute atomic E-state index is 0.0214. The Balaban J connectivity index is 2.49. The van der Waals surface area contributed by atoms with Gasteiger partial charge in [0.05, 0.1) is 5.69 Å². The van der Waals surface area contributed by atoms with Gasteiger partial charge in [-0.1, -0.05) is 15.9 Å². The summed E-state index contributed by atoms with van der Waals surface area (Å²) in [6.45, 7) is 0. The van der Waals surface area contributed by atoms with Gasteiger partial charge in [-0.05, 0) is 47.0 Å². The van der Waals surface area contributed by atoms with Crippen molar-refractivity contribution in [1.82, 2.24) is 0 Å². The molecule has 1 aromatic rings. The van der Waals surface area contributed by atoms with Gasteiger partial charge in [0.15, 0.2) is 0 Å². The number of hydrogen-bond acceptors (Lipinski definition) is 1. The number of nitrogens with one attached hydrogen (secondary N) is 1. The number of unbranched alkanes of at least 4 members (excludes halogenated alkanes) is 1. The van der Waals surface area contributed by atoms with E-state index in [0.29, 0.717) is 12.3 Å². The zero-order chi connectivity index (χ0) is 12.0. The average Bonchev–Trinajstić information content (AvgIpc) is 2.23. The molecule has 0 spiro atoms. The molecule has 0 heterocycles. The molecule has 0 unspecified atom stereocenters. The van der Waals surface area contributed by atoms with Crippen LogP contribution in [0.25, 0.3) is 0 Å². The van der Waals surface area contributed by atoms with Crippen LogP contribution in [0.4, 0.5) is 5.69 Å². The molecule has 1 amide bonds. The first-order chi connectivity index (χ1) is 7.63. The van der Waals surface area contributed by atoms with Crippen molar-refractivity contribution in [3.8, 4) is 0 Å². The Kier molecular flexibility index (Phi) is 6.39. The Morgan fingerprint density at radius 3 is 2.69 bits per heavy atom. The number of carbonyl (C=O) groups is 1. The maximum Gasteiger partial charge on any atom is 0.224 e. The molecule has 0 bridgehead atoms. The van der Waals surface area contributed by atoms with Crippen LogP contribution in [-0.4, -0.2) is 11.8 Å². The third kappa shape index (κ3) is 4.85. The van der Waals surface area contributed by atoms with Crippen LogP contribution in [0.1, 0.15) is 19.3 Å². The van der Waals surface area contributed by atoms with E-state index in [1.165, 1.54) is 0 Å². The van der Waals surface area contributed by atoms with Gasteiger partial charge in [0, 0.05) is 21.2 Å². The number of anilines is 1. The first kappa shape index (κ1) is 14.0. The van der Waals surface area contributed by atoms with Crippen molar-refractivity contribution >= 4 is 55.1 Å². The Bertz CT molecular complexity index is 371. The van der Waals surface area contributed by atoms with E-state index in [9.17, 15) is 4.79 Å². The summed E-state index contributed by atoms with van der Waals surface area (Å²) in [4.78, 5) is 11.5. The molecule has 0 aliphatic heterocycles. The summed E-state index contributed by atoms with van der Waals surface area (Å²) in [5, 5.41) is 2.85. The lowest BCUT2D eigenvalue weighted by molar-refractivity contribution is -0.116. The Morgan fingerprint density at radius 1 is 1.31 bits per heavy atom. The number of amides is 1. The summed E-state index contributed by atoms with van der Waals surface area (Å²) in [7, 11) is 0. The van der Waals surface area contributed by atoms with Crippen LogP contribution in [0.15, 0.2) is 27.1 Å². The minimum atomic E-state index is 0.0214. The van der Waals surface area contributed by atoms with Gasteiger partial charge in [0.25, 0.3) is 0 Å². The molecule has 0 saturated heterocycles. The number of alkyl halides is 1. The van der Waals surface area contributed by atoms with Crippen LogP contribution in [0.2, 0.25) is 0 Å². The number of hydrogen-bond donors (Lipinski definition) is 1. The number of rotatable bonds is 5. The molecule has 5 heteroatoms. The fraction of sp³-hybridized carbons (Fsp3) is 0.364. The SMILES string of the molecule is O=C(CCCCCl)Nc1ccc(Br)cc1Br. The van der Waals surface area contributed by atoms with Crippen molar-refractivity contribution in [2.24, 2.45) is 0 Å². The lowest BCUT2D eigenvalue weighted by Crippen LogP contribution is -2.11. The van der Waals surface area contributed by atoms with Crippen LogP contribution >= 0.6 is 43.5 Å². The smallest absolute Gasteiger partial charge is 0.224 e. The van der Waals surface area contributed by atoms with Gasteiger partial charge in [0.1, 0.15) is 0 Å². The molecular weight excluding hydrogens is 357 g/mol. The van der Waals surface area contributed by atoms with Crippen LogP contribution in [0, 0.1) is 0 Å². The normalized spacial score (nSPS) is 10.2. The Hall–Kier alpha value is -0.0600. The summed E-state index contributed by atoms with van der Waals surface area (Å²) in [5.74, 6) is 0.628. The van der Waals surface area contributed by atoms with E-state index in [4.69, 9.17) is 11.6 Å². The highest BCUT2D eigenvalue weighted by atomic mass is 79.9. The van der Waals surface area contributed by atoms with E-state index < -0.39 is 0 Å². The Labute approximate surface area is 117 Å². The van der Waals surface area contributed by atoms with Crippen molar-refractivity contribution in [1.29, 1.82) is 0 Å². The largest absolute Gasteiger partial charge is 0.325 e. The molecule has 0 radical (unpaired) electrons. The van der Waals surface area contributed by atoms with Crippen molar-refractivity contribution in [3.05, 3.63) is 27.1 Å². The van der Waals surface area contributed by atoms with E-state index in [1.54, 1.807) is 0 Å². The standard InChI is InChI=1S/C11H12Br2ClNO/c12-8-4-5-10(9(13)7-8)15-11(16)3-1-2-6-14/h4-5,7H,1-3,6H2,(H,15,16). The van der Waals surface area contributed by atoms with E-state index in [-0.39, 0.29) is 5.91 Å². The molecule has 16 heavy (non-hydrogen) atoms. The number of benzene rings is 1. The summed E-state index contributed by atoms with van der Waals surface area (Å²) < 4.78 is 1.84. The van der Waals surface area contributed by atoms with Crippen molar-refractivity contribution in [2.45, 2.75) is 19.3 Å². The lowest BCUT2D eigenvalue weighted by Gasteiger charge is -2.07. The minimum Gasteiger partial charge on any atom is -0.325 e. The van der Waals surface area contributed by atoms with E-state index in [0.717, 1.165) is 27.5 Å². The predicted octanol–water partition coefficient (Wildman–Crippen LogP) is 4.56. The molecule has 1 rings (SSSR count). The fourth-order valence-corrected chi connectivity index (χ4v) is 2.52. The third-order valence-electron chi connectivity index (χ3n) is 1.99. The fourth-order valence-electron chi connectivity index (χ4n) is 1.18. The predicted molar refractivity (Wildman–Crippen MR) is 75.0 cm³/mol. The summed E-state index contributed by atoms with van der Waals surface area (Å²) >= 11 is 12.3. The molecular formula is C11H12Br2ClNO. The second-order valence-corrected chi connectivity index (χ2v) is 5.47. The van der Waals surface area contributed by atoms with E-state index in [2.05, 4.69) is 37.2 Å². The second kappa shape index (κ2) is 7.30. The molecule has 0 aromatic heterocycles. The van der Waals surface area contributed by atoms with Gasteiger partial charge in [-0.25, -0.2) is 0 Å². The molecule has 1 N–H and O–H groups in total. The number of halogens is 3. The Morgan fingerprint density at radius 2 is 2.06 bits per heavy atom. The highest BCUT2D eigenvalue weighted by molar-refractivity contribution is 9.11. The molecule has 88 valence electrons. The second-order valence-electron chi connectivity index (χ2n) is 3.32. The molecule has 0 saturated carbocycles. The molecule has 0 aliphatic carbocycles. The van der Waals surface area contributed by atoms with Gasteiger partial charge in [-0.2, -0.15) is 0 Å². The lowest BCUT2D eigenvalue weighted by atomic mass is 10.2. The van der Waals surface area contributed by atoms with Gasteiger partial charge in [0.2, 0.25) is 5.91 Å². The highest BCUT2D eigenvalue weighted by Crippen LogP contribution is 2.26. The molecule has 2 nitrogen and oxygen atoms in total. The van der Waals surface area contributed by atoms with Crippen LogP contribution in [-0.2, 0) is 4.79 Å². The molecule has 0 aliphatic rings. The zero-order valence-corrected chi connectivity index (χ0v) is 12.5. The van der Waals surface area contributed by atoms with E-state index >= 15 is 0 Å². The summed E-state index contributed by atoms with van der Waals surface area (Å²) in [5.41, 5.74) is 0.791. The average molecular weight is 369 g/mol. The topological polar surface area (TPSA) is 29.1 Å². The first-order valence-electron chi connectivity index (χ1n) is 4.94. The maximum atomic E-state index is 11.5. The molecule has 0 fully saturated rings. The van der Waals surface area contributed by atoms with E-state index in [1.807, 2.05) is 18.2 Å². The van der Waals surface area contributed by atoms with Gasteiger partial charge >= 0.3 is 0 Å². The highest BCUT2D eigenvalue weighted by Gasteiger charge is 2.05. The molecule has 0 atom stereocenters. The zero-order valence-electron chi connectivity index (χ0n) is 8.60. The third-order valence-corrected chi connectivity index (χ3v) is 3.41. The first-order valence-corrected chi connectivity index (χ1v) is 7.06. The molecule has 1 aromatic carbocycles. The van der Waals surface area contributed by atoms with Crippen LogP contribution in [0.3, 0.4) is 0 Å². The summed E-state index contributed by atoms with van der Waals surface area (Å²) in [6.07, 6.45) is 2.20. The van der Waals surface area contributed by atoms with Gasteiger partial charge in [-0.3, -0.25) is 4.79 Å². The van der Waals surface area contributed by atoms with Crippen LogP contribution in [0.5, 0.6) is 0 Å². The maximum absolute atomic E-state index is 11.5. The van der Waals surface area contributed by atoms with Crippen molar-refractivity contribution in [3.63, 3.8) is 0 Å². The van der Waals surface area contributed by atoms with Gasteiger partial charge < -0.3 is 5.32 Å². The van der Waals surface area contributed by atoms with Crippen LogP contribution < -0.4 is 5.32 Å². The number of carbonyl (C=O) groups excluding carboxylic acids is 1. The monoisotopic (exact) mass is 367 g/mol. The van der Waals surface area contributed by atoms with Crippen molar-refractivity contribution < 1.29 is 4.79 Å².